The quantitative estimate of drug-likeness (QED) is 0.730. The maximum atomic E-state index is 11.7. The monoisotopic (exact) mass is 212 g/mol. The highest BCUT2D eigenvalue weighted by Gasteiger charge is 2.05. The molecule has 0 aliphatic carbocycles. The van der Waals surface area contributed by atoms with Crippen LogP contribution in [0.15, 0.2) is 49.1 Å². The second-order valence-electron chi connectivity index (χ2n) is 3.54. The van der Waals surface area contributed by atoms with Gasteiger partial charge in [-0.3, -0.25) is 4.79 Å². The molecule has 0 aliphatic heterocycles. The van der Waals surface area contributed by atoms with Crippen LogP contribution in [0.2, 0.25) is 0 Å². The zero-order chi connectivity index (χ0) is 11.2. The minimum absolute atomic E-state index is 0.0875. The van der Waals surface area contributed by atoms with Gasteiger partial charge in [-0.1, -0.05) is 30.3 Å². The van der Waals surface area contributed by atoms with E-state index in [1.165, 1.54) is 11.9 Å². The van der Waals surface area contributed by atoms with E-state index in [-0.39, 0.29) is 5.78 Å². The maximum absolute atomic E-state index is 11.7. The van der Waals surface area contributed by atoms with Crippen molar-refractivity contribution in [3.63, 3.8) is 0 Å². The predicted octanol–water partition coefficient (Wildman–Crippen LogP) is 2.29. The van der Waals surface area contributed by atoms with Crippen molar-refractivity contribution >= 4 is 5.78 Å². The van der Waals surface area contributed by atoms with Crippen LogP contribution in [-0.4, -0.2) is 15.8 Å². The second-order valence-corrected chi connectivity index (χ2v) is 3.54. The summed E-state index contributed by atoms with van der Waals surface area (Å²) in [5.74, 6) is 0.0875. The number of Topliss-reactive ketones (excluding diaryl/α,β-unsaturated/α-hetero) is 1. The molecule has 2 aromatic rings. The molecule has 0 fully saturated rings. The molecule has 1 heterocycles. The third kappa shape index (κ3) is 2.73. The highest BCUT2D eigenvalue weighted by molar-refractivity contribution is 5.95. The summed E-state index contributed by atoms with van der Waals surface area (Å²) in [6, 6.07) is 9.97. The summed E-state index contributed by atoms with van der Waals surface area (Å²) in [4.78, 5) is 19.4. The summed E-state index contributed by atoms with van der Waals surface area (Å²) in [6.45, 7) is 0. The number of aromatic nitrogens is 2. The molecule has 2 rings (SSSR count). The van der Waals surface area contributed by atoms with Gasteiger partial charge < -0.3 is 0 Å². The van der Waals surface area contributed by atoms with E-state index in [0.29, 0.717) is 12.0 Å². The van der Waals surface area contributed by atoms with Crippen molar-refractivity contribution in [3.05, 3.63) is 60.2 Å². The van der Waals surface area contributed by atoms with Gasteiger partial charge in [-0.2, -0.15) is 0 Å². The predicted molar refractivity (Wildman–Crippen MR) is 61.1 cm³/mol. The first-order valence-electron chi connectivity index (χ1n) is 5.18. The van der Waals surface area contributed by atoms with Gasteiger partial charge >= 0.3 is 0 Å². The van der Waals surface area contributed by atoms with Crippen molar-refractivity contribution in [3.8, 4) is 0 Å². The van der Waals surface area contributed by atoms with Gasteiger partial charge in [0.05, 0.1) is 5.56 Å². The summed E-state index contributed by atoms with van der Waals surface area (Å²) in [6.07, 6.45) is 5.79. The molecular weight excluding hydrogens is 200 g/mol. The molecule has 0 amide bonds. The van der Waals surface area contributed by atoms with Gasteiger partial charge in [-0.05, 0) is 12.0 Å². The van der Waals surface area contributed by atoms with Gasteiger partial charge in [-0.15, -0.1) is 0 Å². The van der Waals surface area contributed by atoms with Crippen LogP contribution >= 0.6 is 0 Å². The van der Waals surface area contributed by atoms with E-state index in [0.717, 1.165) is 6.42 Å². The Balaban J connectivity index is 1.95. The molecule has 0 radical (unpaired) electrons. The van der Waals surface area contributed by atoms with Gasteiger partial charge in [0.1, 0.15) is 6.33 Å². The Bertz CT molecular complexity index is 454. The first-order valence-corrected chi connectivity index (χ1v) is 5.18. The van der Waals surface area contributed by atoms with E-state index in [2.05, 4.69) is 9.97 Å². The number of rotatable bonds is 4. The summed E-state index contributed by atoms with van der Waals surface area (Å²) in [7, 11) is 0. The fraction of sp³-hybridized carbons (Fsp3) is 0.154. The minimum atomic E-state index is 0.0875. The second kappa shape index (κ2) is 5.16. The smallest absolute Gasteiger partial charge is 0.166 e. The van der Waals surface area contributed by atoms with Crippen LogP contribution in [0.25, 0.3) is 0 Å². The summed E-state index contributed by atoms with van der Waals surface area (Å²) < 4.78 is 0. The van der Waals surface area contributed by atoms with Crippen LogP contribution in [0, 0.1) is 0 Å². The van der Waals surface area contributed by atoms with Crippen LogP contribution in [-0.2, 0) is 6.42 Å². The molecule has 3 nitrogen and oxygen atoms in total. The van der Waals surface area contributed by atoms with Crippen LogP contribution in [0.5, 0.6) is 0 Å². The lowest BCUT2D eigenvalue weighted by Gasteiger charge is -2.00. The molecule has 0 saturated heterocycles. The van der Waals surface area contributed by atoms with Gasteiger partial charge in [0.2, 0.25) is 0 Å². The van der Waals surface area contributed by atoms with Crippen LogP contribution in [0.4, 0.5) is 0 Å². The molecule has 3 heteroatoms. The Morgan fingerprint density at radius 3 is 2.44 bits per heavy atom. The third-order valence-corrected chi connectivity index (χ3v) is 2.37. The summed E-state index contributed by atoms with van der Waals surface area (Å²) in [5, 5.41) is 0. The molecule has 0 bridgehead atoms. The van der Waals surface area contributed by atoms with E-state index in [9.17, 15) is 4.79 Å². The number of hydrogen-bond donors (Lipinski definition) is 0. The van der Waals surface area contributed by atoms with Crippen molar-refractivity contribution in [1.29, 1.82) is 0 Å². The zero-order valence-corrected chi connectivity index (χ0v) is 8.84. The van der Waals surface area contributed by atoms with Crippen LogP contribution < -0.4 is 0 Å². The third-order valence-electron chi connectivity index (χ3n) is 2.37. The molecule has 0 saturated carbocycles. The fourth-order valence-corrected chi connectivity index (χ4v) is 1.49. The maximum Gasteiger partial charge on any atom is 0.166 e. The van der Waals surface area contributed by atoms with Crippen LogP contribution in [0.1, 0.15) is 22.3 Å². The molecule has 1 aromatic heterocycles. The number of carbonyl (C=O) groups is 1. The highest BCUT2D eigenvalue weighted by Crippen LogP contribution is 2.06. The van der Waals surface area contributed by atoms with Crippen molar-refractivity contribution in [1.82, 2.24) is 9.97 Å². The first kappa shape index (κ1) is 10.5. The van der Waals surface area contributed by atoms with Crippen molar-refractivity contribution in [2.24, 2.45) is 0 Å². The largest absolute Gasteiger partial charge is 0.294 e. The lowest BCUT2D eigenvalue weighted by atomic mass is 10.1. The first-order chi connectivity index (χ1) is 7.86. The Kier molecular flexibility index (Phi) is 3.38. The molecule has 0 N–H and O–H groups in total. The van der Waals surface area contributed by atoms with Gasteiger partial charge in [0.15, 0.2) is 5.78 Å². The molecule has 0 unspecified atom stereocenters. The highest BCUT2D eigenvalue weighted by atomic mass is 16.1. The van der Waals surface area contributed by atoms with Gasteiger partial charge in [-0.25, -0.2) is 9.97 Å². The number of aryl methyl sites for hydroxylation is 1. The van der Waals surface area contributed by atoms with E-state index >= 15 is 0 Å². The lowest BCUT2D eigenvalue weighted by molar-refractivity contribution is 0.0982. The Labute approximate surface area is 94.2 Å². The molecule has 80 valence electrons. The number of hydrogen-bond acceptors (Lipinski definition) is 3. The van der Waals surface area contributed by atoms with Gasteiger partial charge in [0, 0.05) is 18.8 Å². The topological polar surface area (TPSA) is 42.9 Å². The molecule has 0 aliphatic rings. The standard InChI is InChI=1S/C13H12N2O/c16-13(12-8-14-10-15-9-12)7-6-11-4-2-1-3-5-11/h1-5,8-10H,6-7H2. The van der Waals surface area contributed by atoms with E-state index in [1.807, 2.05) is 30.3 Å². The number of carbonyl (C=O) groups excluding carboxylic acids is 1. The zero-order valence-electron chi connectivity index (χ0n) is 8.84. The Morgan fingerprint density at radius 2 is 1.75 bits per heavy atom. The number of ketones is 1. The average molecular weight is 212 g/mol. The normalized spacial score (nSPS) is 10.0. The van der Waals surface area contributed by atoms with E-state index < -0.39 is 0 Å². The molecule has 16 heavy (non-hydrogen) atoms. The van der Waals surface area contributed by atoms with Crippen molar-refractivity contribution < 1.29 is 4.79 Å². The van der Waals surface area contributed by atoms with E-state index in [4.69, 9.17) is 0 Å². The molecular formula is C13H12N2O. The van der Waals surface area contributed by atoms with E-state index in [1.54, 1.807) is 12.4 Å². The Hall–Kier alpha value is -2.03. The molecule has 1 aromatic carbocycles. The number of nitrogens with zero attached hydrogens (tertiary/aromatic N) is 2. The molecule has 0 spiro atoms. The Morgan fingerprint density at radius 1 is 1.06 bits per heavy atom. The summed E-state index contributed by atoms with van der Waals surface area (Å²) >= 11 is 0. The number of benzene rings is 1. The summed E-state index contributed by atoms with van der Waals surface area (Å²) in [5.41, 5.74) is 1.76. The molecule has 0 atom stereocenters. The van der Waals surface area contributed by atoms with Crippen LogP contribution in [0.3, 0.4) is 0 Å². The SMILES string of the molecule is O=C(CCc1ccccc1)c1cncnc1. The fourth-order valence-electron chi connectivity index (χ4n) is 1.49. The minimum Gasteiger partial charge on any atom is -0.294 e. The van der Waals surface area contributed by atoms with Crippen molar-refractivity contribution in [2.45, 2.75) is 12.8 Å². The lowest BCUT2D eigenvalue weighted by Crippen LogP contribution is -2.02. The van der Waals surface area contributed by atoms with Gasteiger partial charge in [0.25, 0.3) is 0 Å². The van der Waals surface area contributed by atoms with Crippen molar-refractivity contribution in [2.75, 3.05) is 0 Å². The average Bonchev–Trinajstić information content (AvgIpc) is 2.38.